The van der Waals surface area contributed by atoms with Crippen LogP contribution < -0.4 is 0 Å². The van der Waals surface area contributed by atoms with E-state index < -0.39 is 0 Å². The smallest absolute Gasteiger partial charge is 0.0624 e. The van der Waals surface area contributed by atoms with Gasteiger partial charge < -0.3 is 0 Å². The van der Waals surface area contributed by atoms with Crippen molar-refractivity contribution in [2.45, 2.75) is 32.1 Å². The van der Waals surface area contributed by atoms with Gasteiger partial charge in [0.2, 0.25) is 0 Å². The maximum absolute atomic E-state index is 8.41. The zero-order valence-corrected chi connectivity index (χ0v) is 5.56. The molecule has 0 aliphatic heterocycles. The molecule has 0 amide bonds. The highest BCUT2D eigenvalue weighted by molar-refractivity contribution is 5.07. The van der Waals surface area contributed by atoms with E-state index in [-0.39, 0.29) is 0 Å². The van der Waals surface area contributed by atoms with Gasteiger partial charge in [-0.3, -0.25) is 0 Å². The van der Waals surface area contributed by atoms with E-state index in [9.17, 15) is 0 Å². The summed E-state index contributed by atoms with van der Waals surface area (Å²) in [6.45, 7) is 0. The summed E-state index contributed by atoms with van der Waals surface area (Å²) in [6.07, 6.45) is 6.39. The Bertz CT molecular complexity index is 162. The van der Waals surface area contributed by atoms with Gasteiger partial charge in [-0.05, 0) is 37.0 Å². The normalized spacial score (nSPS) is 35.2. The molecule has 0 aromatic rings. The van der Waals surface area contributed by atoms with Crippen molar-refractivity contribution >= 4 is 0 Å². The summed E-state index contributed by atoms with van der Waals surface area (Å²) in [5.74, 6) is 0.794. The van der Waals surface area contributed by atoms with E-state index in [1.807, 2.05) is 0 Å². The first-order chi connectivity index (χ1) is 4.37. The van der Waals surface area contributed by atoms with Crippen molar-refractivity contribution in [1.29, 1.82) is 5.26 Å². The molecule has 9 heavy (non-hydrogen) atoms. The molecular weight excluding hydrogens is 110 g/mol. The standard InChI is InChI=1S/C8H11N/c9-6-2-7-1-3-8(7)4-5-8/h7H,1-5H2. The Balaban J connectivity index is 1.94. The summed E-state index contributed by atoms with van der Waals surface area (Å²) in [6, 6.07) is 2.27. The molecule has 1 nitrogen and oxygen atoms in total. The molecule has 0 aromatic carbocycles. The summed E-state index contributed by atoms with van der Waals surface area (Å²) >= 11 is 0. The molecule has 1 atom stereocenters. The quantitative estimate of drug-likeness (QED) is 0.521. The van der Waals surface area contributed by atoms with Crippen LogP contribution in [-0.2, 0) is 0 Å². The first kappa shape index (κ1) is 5.29. The van der Waals surface area contributed by atoms with Crippen LogP contribution in [0.5, 0.6) is 0 Å². The Morgan fingerprint density at radius 2 is 2.22 bits per heavy atom. The molecule has 1 unspecified atom stereocenters. The average Bonchev–Trinajstić information content (AvgIpc) is 2.60. The largest absolute Gasteiger partial charge is 0.198 e. The minimum absolute atomic E-state index is 0.718. The molecule has 0 bridgehead atoms. The third kappa shape index (κ3) is 0.594. The zero-order valence-electron chi connectivity index (χ0n) is 5.56. The Morgan fingerprint density at radius 3 is 2.56 bits per heavy atom. The Labute approximate surface area is 55.7 Å². The van der Waals surface area contributed by atoms with Gasteiger partial charge in [-0.15, -0.1) is 0 Å². The van der Waals surface area contributed by atoms with Crippen molar-refractivity contribution in [3.63, 3.8) is 0 Å². The van der Waals surface area contributed by atoms with Gasteiger partial charge in [0.25, 0.3) is 0 Å². The molecule has 2 aliphatic rings. The molecule has 48 valence electrons. The SMILES string of the molecule is N#CCC1CCC12CC2. The fraction of sp³-hybridized carbons (Fsp3) is 0.875. The molecule has 1 spiro atoms. The van der Waals surface area contributed by atoms with Gasteiger partial charge >= 0.3 is 0 Å². The van der Waals surface area contributed by atoms with Gasteiger partial charge in [0, 0.05) is 6.42 Å². The second-order valence-electron chi connectivity index (χ2n) is 3.46. The van der Waals surface area contributed by atoms with Crippen LogP contribution in [0.2, 0.25) is 0 Å². The summed E-state index contributed by atoms with van der Waals surface area (Å²) in [5.41, 5.74) is 0.718. The lowest BCUT2D eigenvalue weighted by Crippen LogP contribution is -2.26. The average molecular weight is 121 g/mol. The predicted octanol–water partition coefficient (Wildman–Crippen LogP) is 2.09. The summed E-state index contributed by atoms with van der Waals surface area (Å²) in [5, 5.41) is 8.41. The van der Waals surface area contributed by atoms with Gasteiger partial charge in [-0.2, -0.15) is 5.26 Å². The maximum Gasteiger partial charge on any atom is 0.0624 e. The van der Waals surface area contributed by atoms with Crippen LogP contribution in [0, 0.1) is 22.7 Å². The molecule has 0 aromatic heterocycles. The molecule has 0 radical (unpaired) electrons. The molecule has 1 heteroatoms. The van der Waals surface area contributed by atoms with E-state index in [2.05, 4.69) is 6.07 Å². The van der Waals surface area contributed by atoms with Gasteiger partial charge in [0.05, 0.1) is 6.07 Å². The van der Waals surface area contributed by atoms with Crippen molar-refractivity contribution in [2.24, 2.45) is 11.3 Å². The van der Waals surface area contributed by atoms with Crippen LogP contribution in [0.15, 0.2) is 0 Å². The van der Waals surface area contributed by atoms with E-state index in [0.29, 0.717) is 0 Å². The third-order valence-electron chi connectivity index (χ3n) is 3.09. The Morgan fingerprint density at radius 1 is 1.44 bits per heavy atom. The summed E-state index contributed by atoms with van der Waals surface area (Å²) in [4.78, 5) is 0. The fourth-order valence-corrected chi connectivity index (χ4v) is 2.00. The molecule has 2 saturated carbocycles. The van der Waals surface area contributed by atoms with Gasteiger partial charge in [-0.1, -0.05) is 0 Å². The lowest BCUT2D eigenvalue weighted by molar-refractivity contribution is 0.153. The Kier molecular flexibility index (Phi) is 0.883. The first-order valence-electron chi connectivity index (χ1n) is 3.74. The van der Waals surface area contributed by atoms with Crippen molar-refractivity contribution in [2.75, 3.05) is 0 Å². The second kappa shape index (κ2) is 1.50. The summed E-state index contributed by atoms with van der Waals surface area (Å²) < 4.78 is 0. The number of nitriles is 1. The van der Waals surface area contributed by atoms with Crippen LogP contribution >= 0.6 is 0 Å². The van der Waals surface area contributed by atoms with Crippen LogP contribution in [-0.4, -0.2) is 0 Å². The highest BCUT2D eigenvalue weighted by Crippen LogP contribution is 2.65. The molecule has 0 heterocycles. The zero-order chi connectivity index (χ0) is 6.32. The lowest BCUT2D eigenvalue weighted by atomic mass is 9.69. The maximum atomic E-state index is 8.41. The van der Waals surface area contributed by atoms with E-state index in [1.54, 1.807) is 0 Å². The molecular formula is C8H11N. The third-order valence-corrected chi connectivity index (χ3v) is 3.09. The van der Waals surface area contributed by atoms with E-state index >= 15 is 0 Å². The number of rotatable bonds is 1. The van der Waals surface area contributed by atoms with Crippen molar-refractivity contribution in [1.82, 2.24) is 0 Å². The molecule has 0 saturated heterocycles. The predicted molar refractivity (Wildman–Crippen MR) is 34.6 cm³/mol. The minimum atomic E-state index is 0.718. The molecule has 2 fully saturated rings. The van der Waals surface area contributed by atoms with E-state index in [0.717, 1.165) is 17.8 Å². The van der Waals surface area contributed by atoms with Gasteiger partial charge in [0.1, 0.15) is 0 Å². The van der Waals surface area contributed by atoms with Crippen LogP contribution in [0.3, 0.4) is 0 Å². The van der Waals surface area contributed by atoms with Crippen LogP contribution in [0.25, 0.3) is 0 Å². The fourth-order valence-electron chi connectivity index (χ4n) is 2.00. The monoisotopic (exact) mass is 121 g/mol. The van der Waals surface area contributed by atoms with Crippen molar-refractivity contribution in [3.05, 3.63) is 0 Å². The number of nitrogens with zero attached hydrogens (tertiary/aromatic N) is 1. The van der Waals surface area contributed by atoms with Crippen LogP contribution in [0.1, 0.15) is 32.1 Å². The molecule has 0 N–H and O–H groups in total. The first-order valence-corrected chi connectivity index (χ1v) is 3.74. The highest BCUT2D eigenvalue weighted by Gasteiger charge is 2.54. The molecule has 2 rings (SSSR count). The van der Waals surface area contributed by atoms with E-state index in [4.69, 9.17) is 5.26 Å². The Hall–Kier alpha value is -0.510. The summed E-state index contributed by atoms with van der Waals surface area (Å²) in [7, 11) is 0. The number of hydrogen-bond acceptors (Lipinski definition) is 1. The molecule has 2 aliphatic carbocycles. The second-order valence-corrected chi connectivity index (χ2v) is 3.46. The van der Waals surface area contributed by atoms with Crippen molar-refractivity contribution < 1.29 is 0 Å². The van der Waals surface area contributed by atoms with Gasteiger partial charge in [-0.25, -0.2) is 0 Å². The van der Waals surface area contributed by atoms with Crippen molar-refractivity contribution in [3.8, 4) is 6.07 Å². The van der Waals surface area contributed by atoms with Crippen LogP contribution in [0.4, 0.5) is 0 Å². The number of hydrogen-bond donors (Lipinski definition) is 0. The lowest BCUT2D eigenvalue weighted by Gasteiger charge is -2.35. The van der Waals surface area contributed by atoms with Gasteiger partial charge in [0.15, 0.2) is 0 Å². The highest BCUT2D eigenvalue weighted by atomic mass is 14.6. The topological polar surface area (TPSA) is 23.8 Å². The van der Waals surface area contributed by atoms with E-state index in [1.165, 1.54) is 25.7 Å². The minimum Gasteiger partial charge on any atom is -0.198 e.